The molecular formula is C29H26ClN3O2. The summed E-state index contributed by atoms with van der Waals surface area (Å²) in [6, 6.07) is 23.3. The molecule has 0 saturated heterocycles. The molecule has 176 valence electrons. The lowest BCUT2D eigenvalue weighted by atomic mass is 9.91. The van der Waals surface area contributed by atoms with Crippen LogP contribution < -0.4 is 5.56 Å². The van der Waals surface area contributed by atoms with E-state index in [1.54, 1.807) is 11.1 Å². The maximum atomic E-state index is 13.5. The van der Waals surface area contributed by atoms with Gasteiger partial charge in [0.2, 0.25) is 5.91 Å². The lowest BCUT2D eigenvalue weighted by molar-refractivity contribution is -0.132. The Balaban J connectivity index is 1.70. The smallest absolute Gasteiger partial charge is 0.258 e. The highest BCUT2D eigenvalue weighted by Crippen LogP contribution is 2.37. The molecule has 35 heavy (non-hydrogen) atoms. The van der Waals surface area contributed by atoms with Crippen molar-refractivity contribution in [3.05, 3.63) is 105 Å². The summed E-state index contributed by atoms with van der Waals surface area (Å²) in [6.45, 7) is 3.94. The number of aromatic amines is 1. The SMILES string of the molecule is CCC(=O)N1N=C(c2c(-c3ccccc3)c3ccc(Cl)cc3[nH]c2=O)CC1c1ccc(CC)cc1. The first-order valence-corrected chi connectivity index (χ1v) is 12.3. The number of hydrazone groups is 1. The molecule has 1 aliphatic heterocycles. The first-order valence-electron chi connectivity index (χ1n) is 11.9. The van der Waals surface area contributed by atoms with Crippen LogP contribution in [0.3, 0.4) is 0 Å². The largest absolute Gasteiger partial charge is 0.321 e. The van der Waals surface area contributed by atoms with Crippen molar-refractivity contribution < 1.29 is 4.79 Å². The van der Waals surface area contributed by atoms with E-state index in [1.807, 2.05) is 49.4 Å². The molecule has 1 amide bonds. The van der Waals surface area contributed by atoms with Crippen molar-refractivity contribution in [3.63, 3.8) is 0 Å². The van der Waals surface area contributed by atoms with Crippen molar-refractivity contribution in [2.45, 2.75) is 39.2 Å². The number of nitrogens with zero attached hydrogens (tertiary/aromatic N) is 2. The number of hydrogen-bond donors (Lipinski definition) is 1. The van der Waals surface area contributed by atoms with Gasteiger partial charge in [0, 0.05) is 28.8 Å². The average Bonchev–Trinajstić information content (AvgIpc) is 3.32. The fraction of sp³-hybridized carbons (Fsp3) is 0.207. The molecule has 1 atom stereocenters. The van der Waals surface area contributed by atoms with Crippen molar-refractivity contribution in [3.8, 4) is 11.1 Å². The van der Waals surface area contributed by atoms with Crippen LogP contribution in [0.5, 0.6) is 0 Å². The number of fused-ring (bicyclic) bond motifs is 1. The van der Waals surface area contributed by atoms with Crippen LogP contribution >= 0.6 is 11.6 Å². The predicted molar refractivity (Wildman–Crippen MR) is 142 cm³/mol. The second-order valence-electron chi connectivity index (χ2n) is 8.71. The van der Waals surface area contributed by atoms with Gasteiger partial charge in [0.1, 0.15) is 0 Å². The van der Waals surface area contributed by atoms with E-state index < -0.39 is 0 Å². The number of halogens is 1. The fourth-order valence-corrected chi connectivity index (χ4v) is 4.91. The van der Waals surface area contributed by atoms with Gasteiger partial charge >= 0.3 is 0 Å². The van der Waals surface area contributed by atoms with Crippen molar-refractivity contribution in [2.24, 2.45) is 5.10 Å². The Bertz CT molecular complexity index is 1490. The molecule has 1 unspecified atom stereocenters. The van der Waals surface area contributed by atoms with Gasteiger partial charge in [-0.3, -0.25) is 9.59 Å². The van der Waals surface area contributed by atoms with E-state index in [2.05, 4.69) is 36.2 Å². The van der Waals surface area contributed by atoms with Crippen molar-refractivity contribution >= 4 is 34.1 Å². The number of carbonyl (C=O) groups excluding carboxylic acids is 1. The van der Waals surface area contributed by atoms with Crippen LogP contribution in [0, 0.1) is 0 Å². The molecule has 4 aromatic rings. The van der Waals surface area contributed by atoms with Gasteiger partial charge in [0.25, 0.3) is 5.56 Å². The molecule has 0 saturated carbocycles. The molecule has 0 spiro atoms. The minimum Gasteiger partial charge on any atom is -0.321 e. The third-order valence-corrected chi connectivity index (χ3v) is 6.80. The standard InChI is InChI=1S/C29H26ClN3O2/c1-3-18-10-12-19(13-11-18)25-17-24(32-33(25)26(34)4-2)28-27(20-8-6-5-7-9-20)22-15-14-21(30)16-23(22)31-29(28)35/h5-16,25H,3-4,17H2,1-2H3,(H,31,35). The third kappa shape index (κ3) is 4.28. The molecule has 5 rings (SSSR count). The molecule has 0 radical (unpaired) electrons. The maximum absolute atomic E-state index is 13.5. The molecular weight excluding hydrogens is 458 g/mol. The number of aryl methyl sites for hydroxylation is 1. The highest BCUT2D eigenvalue weighted by molar-refractivity contribution is 6.31. The van der Waals surface area contributed by atoms with E-state index in [9.17, 15) is 9.59 Å². The Morgan fingerprint density at radius 3 is 2.46 bits per heavy atom. The summed E-state index contributed by atoms with van der Waals surface area (Å²) in [5, 5.41) is 7.73. The number of benzene rings is 3. The van der Waals surface area contributed by atoms with Crippen LogP contribution in [0.2, 0.25) is 5.02 Å². The van der Waals surface area contributed by atoms with E-state index in [4.69, 9.17) is 16.7 Å². The number of hydrogen-bond acceptors (Lipinski definition) is 3. The summed E-state index contributed by atoms with van der Waals surface area (Å²) in [7, 11) is 0. The van der Waals surface area contributed by atoms with E-state index in [0.717, 1.165) is 28.5 Å². The average molecular weight is 484 g/mol. The minimum absolute atomic E-state index is 0.0742. The quantitative estimate of drug-likeness (QED) is 0.352. The van der Waals surface area contributed by atoms with Gasteiger partial charge in [-0.2, -0.15) is 5.10 Å². The lowest BCUT2D eigenvalue weighted by Gasteiger charge is -2.21. The first-order chi connectivity index (χ1) is 17.0. The maximum Gasteiger partial charge on any atom is 0.258 e. The summed E-state index contributed by atoms with van der Waals surface area (Å²) < 4.78 is 0. The predicted octanol–water partition coefficient (Wildman–Crippen LogP) is 6.50. The van der Waals surface area contributed by atoms with Crippen LogP contribution in [0.4, 0.5) is 0 Å². The summed E-state index contributed by atoms with van der Waals surface area (Å²) in [4.78, 5) is 29.4. The minimum atomic E-state index is -0.257. The summed E-state index contributed by atoms with van der Waals surface area (Å²) >= 11 is 6.22. The molecule has 1 N–H and O–H groups in total. The molecule has 5 nitrogen and oxygen atoms in total. The van der Waals surface area contributed by atoms with Gasteiger partial charge in [0.05, 0.1) is 22.8 Å². The van der Waals surface area contributed by atoms with E-state index in [0.29, 0.717) is 34.7 Å². The van der Waals surface area contributed by atoms with Crippen LogP contribution in [0.1, 0.15) is 49.4 Å². The fourth-order valence-electron chi connectivity index (χ4n) is 4.74. The van der Waals surface area contributed by atoms with Gasteiger partial charge < -0.3 is 4.98 Å². The van der Waals surface area contributed by atoms with Gasteiger partial charge in [-0.05, 0) is 35.2 Å². The molecule has 0 bridgehead atoms. The van der Waals surface area contributed by atoms with Crippen molar-refractivity contribution in [1.29, 1.82) is 0 Å². The number of aromatic nitrogens is 1. The van der Waals surface area contributed by atoms with Crippen molar-refractivity contribution in [1.82, 2.24) is 9.99 Å². The molecule has 3 aromatic carbocycles. The Kier molecular flexibility index (Phi) is 6.27. The lowest BCUT2D eigenvalue weighted by Crippen LogP contribution is -2.26. The van der Waals surface area contributed by atoms with Gasteiger partial charge in [-0.25, -0.2) is 5.01 Å². The zero-order valence-corrected chi connectivity index (χ0v) is 20.5. The van der Waals surface area contributed by atoms with Crippen LogP contribution in [0.15, 0.2) is 82.7 Å². The van der Waals surface area contributed by atoms with Crippen LogP contribution in [-0.2, 0) is 11.2 Å². The normalized spacial score (nSPS) is 15.5. The second-order valence-corrected chi connectivity index (χ2v) is 9.15. The summed E-state index contributed by atoms with van der Waals surface area (Å²) in [5.41, 5.74) is 5.46. The number of pyridine rings is 1. The third-order valence-electron chi connectivity index (χ3n) is 6.57. The summed E-state index contributed by atoms with van der Waals surface area (Å²) in [5.74, 6) is -0.0742. The number of carbonyl (C=O) groups is 1. The van der Waals surface area contributed by atoms with Crippen LogP contribution in [0.25, 0.3) is 22.0 Å². The van der Waals surface area contributed by atoms with E-state index in [-0.39, 0.29) is 17.5 Å². The Hall–Kier alpha value is -3.70. The number of H-pyrrole nitrogens is 1. The Morgan fingerprint density at radius 1 is 1.03 bits per heavy atom. The van der Waals surface area contributed by atoms with Gasteiger partial charge in [-0.15, -0.1) is 0 Å². The molecule has 6 heteroatoms. The first kappa shape index (κ1) is 23.1. The van der Waals surface area contributed by atoms with E-state index in [1.165, 1.54) is 5.56 Å². The van der Waals surface area contributed by atoms with Gasteiger partial charge in [-0.1, -0.05) is 86.1 Å². The van der Waals surface area contributed by atoms with Crippen molar-refractivity contribution in [2.75, 3.05) is 0 Å². The zero-order chi connectivity index (χ0) is 24.5. The highest BCUT2D eigenvalue weighted by Gasteiger charge is 2.34. The molecule has 0 aliphatic carbocycles. The second kappa shape index (κ2) is 9.51. The van der Waals surface area contributed by atoms with Crippen LogP contribution in [-0.4, -0.2) is 21.6 Å². The monoisotopic (exact) mass is 483 g/mol. The molecule has 2 heterocycles. The van der Waals surface area contributed by atoms with E-state index >= 15 is 0 Å². The highest BCUT2D eigenvalue weighted by atomic mass is 35.5. The number of rotatable bonds is 5. The summed E-state index contributed by atoms with van der Waals surface area (Å²) in [6.07, 6.45) is 1.74. The zero-order valence-electron chi connectivity index (χ0n) is 19.7. The molecule has 1 aliphatic rings. The Morgan fingerprint density at radius 2 is 1.77 bits per heavy atom. The molecule has 1 aromatic heterocycles. The Labute approximate surface area is 209 Å². The topological polar surface area (TPSA) is 65.5 Å². The number of amides is 1. The van der Waals surface area contributed by atoms with Gasteiger partial charge in [0.15, 0.2) is 0 Å². The molecule has 0 fully saturated rings. The number of nitrogens with one attached hydrogen (secondary N) is 1.